The van der Waals surface area contributed by atoms with Crippen LogP contribution in [0.15, 0.2) is 42.5 Å². The molecule has 0 amide bonds. The first-order chi connectivity index (χ1) is 12.1. The number of nitrogens with zero attached hydrogens (tertiary/aromatic N) is 3. The van der Waals surface area contributed by atoms with Crippen molar-refractivity contribution in [1.82, 2.24) is 4.57 Å². The molecule has 0 saturated carbocycles. The van der Waals surface area contributed by atoms with Gasteiger partial charge in [-0.1, -0.05) is 0 Å². The maximum absolute atomic E-state index is 9.91. The van der Waals surface area contributed by atoms with E-state index in [2.05, 4.69) is 4.57 Å². The number of phenols is 2. The molecule has 5 nitrogen and oxygen atoms in total. The average Bonchev–Trinajstić information content (AvgIpc) is 2.92. The van der Waals surface area contributed by atoms with Gasteiger partial charge in [-0.15, -0.1) is 0 Å². The second-order valence-electron chi connectivity index (χ2n) is 5.83. The second kappa shape index (κ2) is 6.59. The van der Waals surface area contributed by atoms with Crippen molar-refractivity contribution in [3.63, 3.8) is 0 Å². The summed E-state index contributed by atoms with van der Waals surface area (Å²) in [5.41, 5.74) is 3.58. The number of hydrogen-bond acceptors (Lipinski definition) is 4. The fourth-order valence-corrected chi connectivity index (χ4v) is 3.22. The van der Waals surface area contributed by atoms with E-state index in [1.807, 2.05) is 37.3 Å². The zero-order valence-corrected chi connectivity index (χ0v) is 13.8. The van der Waals surface area contributed by atoms with Crippen molar-refractivity contribution in [3.05, 3.63) is 48.0 Å². The van der Waals surface area contributed by atoms with Crippen LogP contribution in [0, 0.1) is 28.6 Å². The van der Waals surface area contributed by atoms with E-state index in [4.69, 9.17) is 0 Å². The summed E-state index contributed by atoms with van der Waals surface area (Å²) in [7, 11) is 0. The van der Waals surface area contributed by atoms with Gasteiger partial charge in [-0.25, -0.2) is 0 Å². The molecule has 0 saturated heterocycles. The molecule has 124 valence electrons. The van der Waals surface area contributed by atoms with Crippen molar-refractivity contribution in [1.29, 1.82) is 10.5 Å². The highest BCUT2D eigenvalue weighted by atomic mass is 16.3. The van der Waals surface area contributed by atoms with Crippen LogP contribution in [-0.2, 0) is 13.0 Å². The number of rotatable bonds is 4. The Balaban J connectivity index is 2.34. The van der Waals surface area contributed by atoms with Gasteiger partial charge < -0.3 is 14.8 Å². The van der Waals surface area contributed by atoms with Crippen molar-refractivity contribution < 1.29 is 10.2 Å². The lowest BCUT2D eigenvalue weighted by molar-refractivity contribution is 0.475. The topological polar surface area (TPSA) is 93.0 Å². The molecule has 0 aliphatic heterocycles. The van der Waals surface area contributed by atoms with E-state index in [1.54, 1.807) is 24.3 Å². The standard InChI is InChI=1S/C20H17N3O2/c1-2-23-19-8-7-16(25)10-17(19)18(9-13(11-21)12-22)20(23)14-3-5-15(24)6-4-14/h3-8,10,13,24-25H,2,9H2,1H3. The number of fused-ring (bicyclic) bond motifs is 1. The van der Waals surface area contributed by atoms with Crippen molar-refractivity contribution in [2.75, 3.05) is 0 Å². The maximum Gasteiger partial charge on any atom is 0.137 e. The van der Waals surface area contributed by atoms with Crippen LogP contribution >= 0.6 is 0 Å². The molecule has 0 bridgehead atoms. The van der Waals surface area contributed by atoms with Gasteiger partial charge in [0.15, 0.2) is 0 Å². The van der Waals surface area contributed by atoms with Crippen LogP contribution in [0.4, 0.5) is 0 Å². The first-order valence-corrected chi connectivity index (χ1v) is 8.01. The van der Waals surface area contributed by atoms with Crippen molar-refractivity contribution in [2.45, 2.75) is 19.9 Å². The van der Waals surface area contributed by atoms with E-state index in [0.717, 1.165) is 27.7 Å². The van der Waals surface area contributed by atoms with Crippen LogP contribution in [0.5, 0.6) is 11.5 Å². The molecule has 1 aromatic heterocycles. The number of phenolic OH excluding ortho intramolecular Hbond substituents is 2. The van der Waals surface area contributed by atoms with E-state index in [0.29, 0.717) is 6.54 Å². The number of aromatic hydroxyl groups is 2. The molecule has 0 atom stereocenters. The Morgan fingerprint density at radius 1 is 1.00 bits per heavy atom. The third-order valence-electron chi connectivity index (χ3n) is 4.33. The van der Waals surface area contributed by atoms with Gasteiger partial charge >= 0.3 is 0 Å². The lowest BCUT2D eigenvalue weighted by Crippen LogP contribution is -2.02. The number of aromatic nitrogens is 1. The fraction of sp³-hybridized carbons (Fsp3) is 0.200. The maximum atomic E-state index is 9.91. The van der Waals surface area contributed by atoms with Crippen LogP contribution in [0.25, 0.3) is 22.2 Å². The van der Waals surface area contributed by atoms with E-state index in [9.17, 15) is 20.7 Å². The largest absolute Gasteiger partial charge is 0.508 e. The highest BCUT2D eigenvalue weighted by molar-refractivity contribution is 5.93. The van der Waals surface area contributed by atoms with Crippen LogP contribution in [0.3, 0.4) is 0 Å². The molecule has 25 heavy (non-hydrogen) atoms. The number of nitriles is 2. The summed E-state index contributed by atoms with van der Waals surface area (Å²) in [4.78, 5) is 0. The molecule has 0 spiro atoms. The van der Waals surface area contributed by atoms with E-state index >= 15 is 0 Å². The monoisotopic (exact) mass is 331 g/mol. The minimum Gasteiger partial charge on any atom is -0.508 e. The molecule has 1 heterocycles. The third-order valence-corrected chi connectivity index (χ3v) is 4.33. The Kier molecular flexibility index (Phi) is 4.33. The summed E-state index contributed by atoms with van der Waals surface area (Å²) in [5.74, 6) is -0.451. The number of hydrogen-bond donors (Lipinski definition) is 2. The summed E-state index contributed by atoms with van der Waals surface area (Å²) in [6, 6.07) is 16.0. The summed E-state index contributed by atoms with van der Waals surface area (Å²) < 4.78 is 2.10. The van der Waals surface area contributed by atoms with Gasteiger partial charge in [0.25, 0.3) is 0 Å². The summed E-state index contributed by atoms with van der Waals surface area (Å²) in [6.45, 7) is 2.72. The number of benzene rings is 2. The highest BCUT2D eigenvalue weighted by Gasteiger charge is 2.21. The normalized spacial score (nSPS) is 10.7. The SMILES string of the molecule is CCn1c(-c2ccc(O)cc2)c(CC(C#N)C#N)c2cc(O)ccc21. The first kappa shape index (κ1) is 16.4. The summed E-state index contributed by atoms with van der Waals surface area (Å²) in [5, 5.41) is 38.7. The lowest BCUT2D eigenvalue weighted by atomic mass is 9.96. The molecular weight excluding hydrogens is 314 g/mol. The van der Waals surface area contributed by atoms with Crippen LogP contribution < -0.4 is 0 Å². The Morgan fingerprint density at radius 3 is 2.24 bits per heavy atom. The predicted octanol–water partition coefficient (Wildman–Crippen LogP) is 3.95. The van der Waals surface area contributed by atoms with E-state index in [-0.39, 0.29) is 17.9 Å². The Morgan fingerprint density at radius 2 is 1.64 bits per heavy atom. The predicted molar refractivity (Wildman–Crippen MR) is 94.8 cm³/mol. The molecule has 5 heteroatoms. The fourth-order valence-electron chi connectivity index (χ4n) is 3.22. The average molecular weight is 331 g/mol. The zero-order valence-electron chi connectivity index (χ0n) is 13.8. The van der Waals surface area contributed by atoms with Crippen LogP contribution in [-0.4, -0.2) is 14.8 Å². The van der Waals surface area contributed by atoms with Gasteiger partial charge in [-0.3, -0.25) is 0 Å². The molecule has 2 aromatic carbocycles. The molecule has 0 radical (unpaired) electrons. The van der Waals surface area contributed by atoms with E-state index < -0.39 is 5.92 Å². The van der Waals surface area contributed by atoms with Gasteiger partial charge in [0, 0.05) is 23.9 Å². The lowest BCUT2D eigenvalue weighted by Gasteiger charge is -2.11. The Bertz CT molecular complexity index is 991. The summed E-state index contributed by atoms with van der Waals surface area (Å²) >= 11 is 0. The first-order valence-electron chi connectivity index (χ1n) is 8.01. The smallest absolute Gasteiger partial charge is 0.137 e. The quantitative estimate of drug-likeness (QED) is 0.757. The zero-order chi connectivity index (χ0) is 18.0. The molecule has 0 aliphatic rings. The molecule has 0 aliphatic carbocycles. The molecule has 3 rings (SSSR count). The van der Waals surface area contributed by atoms with Gasteiger partial charge in [0.2, 0.25) is 0 Å². The van der Waals surface area contributed by atoms with Gasteiger partial charge in [0.1, 0.15) is 17.4 Å². The van der Waals surface area contributed by atoms with Gasteiger partial charge in [0.05, 0.1) is 17.8 Å². The minimum absolute atomic E-state index is 0.143. The van der Waals surface area contributed by atoms with Crippen molar-refractivity contribution >= 4 is 10.9 Å². The molecular formula is C20H17N3O2. The van der Waals surface area contributed by atoms with Crippen molar-refractivity contribution in [3.8, 4) is 34.9 Å². The third kappa shape index (κ3) is 2.88. The summed E-state index contributed by atoms with van der Waals surface area (Å²) in [6.07, 6.45) is 0.274. The second-order valence-corrected chi connectivity index (χ2v) is 5.83. The molecule has 2 N–H and O–H groups in total. The van der Waals surface area contributed by atoms with Gasteiger partial charge in [-0.2, -0.15) is 10.5 Å². The molecule has 0 unspecified atom stereocenters. The van der Waals surface area contributed by atoms with Gasteiger partial charge in [-0.05, 0) is 60.5 Å². The van der Waals surface area contributed by atoms with E-state index in [1.165, 1.54) is 0 Å². The van der Waals surface area contributed by atoms with Crippen LogP contribution in [0.2, 0.25) is 0 Å². The number of aryl methyl sites for hydroxylation is 1. The van der Waals surface area contributed by atoms with Crippen LogP contribution in [0.1, 0.15) is 12.5 Å². The minimum atomic E-state index is -0.769. The molecule has 0 fully saturated rings. The Hall–Kier alpha value is -3.44. The molecule has 3 aromatic rings. The highest BCUT2D eigenvalue weighted by Crippen LogP contribution is 2.37. The van der Waals surface area contributed by atoms with Crippen molar-refractivity contribution in [2.24, 2.45) is 5.92 Å². The Labute approximate surface area is 145 Å².